The summed E-state index contributed by atoms with van der Waals surface area (Å²) in [6.07, 6.45) is 10.4. The van der Waals surface area contributed by atoms with Gasteiger partial charge in [0.2, 0.25) is 0 Å². The average Bonchev–Trinajstić information content (AvgIpc) is 3.46. The van der Waals surface area contributed by atoms with Gasteiger partial charge >= 0.3 is 6.03 Å². The fourth-order valence-electron chi connectivity index (χ4n) is 4.77. The summed E-state index contributed by atoms with van der Waals surface area (Å²) >= 11 is 3.31. The lowest BCUT2D eigenvalue weighted by molar-refractivity contribution is 0.101. The van der Waals surface area contributed by atoms with Crippen molar-refractivity contribution >= 4 is 39.5 Å². The molecule has 168 valence electrons. The molecule has 0 fully saturated rings. The van der Waals surface area contributed by atoms with Crippen LogP contribution in [0.3, 0.4) is 0 Å². The number of thiophene rings is 2. The molecule has 0 bridgehead atoms. The van der Waals surface area contributed by atoms with Crippen molar-refractivity contribution in [3.8, 4) is 5.00 Å². The summed E-state index contributed by atoms with van der Waals surface area (Å²) in [6.45, 7) is 3.89. The zero-order valence-electron chi connectivity index (χ0n) is 18.4. The first-order valence-corrected chi connectivity index (χ1v) is 12.9. The largest absolute Gasteiger partial charge is 0.334 e. The highest BCUT2D eigenvalue weighted by atomic mass is 32.1. The number of urea groups is 1. The molecule has 9 heteroatoms. The van der Waals surface area contributed by atoms with Crippen LogP contribution in [0.15, 0.2) is 6.33 Å². The van der Waals surface area contributed by atoms with Crippen LogP contribution in [0.1, 0.15) is 75.2 Å². The van der Waals surface area contributed by atoms with E-state index < -0.39 is 0 Å². The molecular weight excluding hydrogens is 442 g/mol. The van der Waals surface area contributed by atoms with E-state index in [1.54, 1.807) is 35.9 Å². The van der Waals surface area contributed by atoms with E-state index in [-0.39, 0.29) is 11.8 Å². The smallest absolute Gasteiger partial charge is 0.320 e. The van der Waals surface area contributed by atoms with Gasteiger partial charge < -0.3 is 5.32 Å². The van der Waals surface area contributed by atoms with Gasteiger partial charge in [-0.3, -0.25) is 10.1 Å². The topological polar surface area (TPSA) is 88.9 Å². The Balaban J connectivity index is 1.37. The van der Waals surface area contributed by atoms with Crippen molar-refractivity contribution < 1.29 is 9.59 Å². The number of nitrogens with one attached hydrogen (secondary N) is 2. The van der Waals surface area contributed by atoms with E-state index in [9.17, 15) is 9.59 Å². The van der Waals surface area contributed by atoms with Crippen molar-refractivity contribution in [2.24, 2.45) is 0 Å². The second kappa shape index (κ2) is 8.78. The van der Waals surface area contributed by atoms with E-state index in [1.165, 1.54) is 28.2 Å². The van der Waals surface area contributed by atoms with Crippen molar-refractivity contribution in [1.29, 1.82) is 0 Å². The normalized spacial score (nSPS) is 15.2. The first kappa shape index (κ1) is 21.3. The average molecular weight is 470 g/mol. The first-order chi connectivity index (χ1) is 15.5. The lowest BCUT2D eigenvalue weighted by atomic mass is 9.94. The van der Waals surface area contributed by atoms with Crippen LogP contribution in [-0.4, -0.2) is 26.6 Å². The molecule has 3 heterocycles. The highest BCUT2D eigenvalue weighted by Gasteiger charge is 2.25. The number of ketones is 1. The molecule has 5 rings (SSSR count). The summed E-state index contributed by atoms with van der Waals surface area (Å²) in [5.41, 5.74) is 4.31. The van der Waals surface area contributed by atoms with Crippen LogP contribution in [0.4, 0.5) is 9.80 Å². The number of nitrogens with zero attached hydrogens (tertiary/aromatic N) is 3. The molecule has 0 unspecified atom stereocenters. The van der Waals surface area contributed by atoms with Crippen LogP contribution in [0, 0.1) is 6.92 Å². The van der Waals surface area contributed by atoms with Gasteiger partial charge in [-0.1, -0.05) is 0 Å². The highest BCUT2D eigenvalue weighted by molar-refractivity contribution is 7.17. The standard InChI is InChI=1S/C23H27N5O2S2/c1-13(29)20-16-8-4-6-10-19(16)31-21(20)26-23(30)24-11-17-15-7-3-5-9-18(15)32-22(17)28-12-25-14(2)27-28/h12H,3-11H2,1-2H3,(H2,24,26,30). The molecule has 0 saturated carbocycles. The van der Waals surface area contributed by atoms with Gasteiger partial charge in [0.15, 0.2) is 5.78 Å². The number of anilines is 1. The molecule has 7 nitrogen and oxygen atoms in total. The van der Waals surface area contributed by atoms with Crippen molar-refractivity contribution in [2.45, 2.75) is 71.8 Å². The Morgan fingerprint density at radius 2 is 1.72 bits per heavy atom. The molecule has 3 aromatic heterocycles. The van der Waals surface area contributed by atoms with Gasteiger partial charge in [0.05, 0.1) is 5.56 Å². The molecule has 0 radical (unpaired) electrons. The number of fused-ring (bicyclic) bond motifs is 2. The quantitative estimate of drug-likeness (QED) is 0.516. The molecule has 0 saturated heterocycles. The minimum atomic E-state index is -0.275. The minimum Gasteiger partial charge on any atom is -0.334 e. The van der Waals surface area contributed by atoms with E-state index in [4.69, 9.17) is 0 Å². The molecule has 0 atom stereocenters. The molecule has 3 aromatic rings. The summed E-state index contributed by atoms with van der Waals surface area (Å²) in [5.74, 6) is 0.752. The monoisotopic (exact) mass is 469 g/mol. The number of carbonyl (C=O) groups is 2. The van der Waals surface area contributed by atoms with Crippen LogP contribution >= 0.6 is 22.7 Å². The van der Waals surface area contributed by atoms with Crippen molar-refractivity contribution in [3.63, 3.8) is 0 Å². The van der Waals surface area contributed by atoms with Crippen LogP contribution < -0.4 is 10.6 Å². The van der Waals surface area contributed by atoms with E-state index in [1.807, 2.05) is 11.6 Å². The Kier molecular flexibility index (Phi) is 5.86. The van der Waals surface area contributed by atoms with Gasteiger partial charge in [-0.25, -0.2) is 14.5 Å². The number of amides is 2. The van der Waals surface area contributed by atoms with Gasteiger partial charge in [0.1, 0.15) is 22.2 Å². The molecule has 2 aliphatic carbocycles. The third-order valence-electron chi connectivity index (χ3n) is 6.25. The molecule has 2 aliphatic rings. The summed E-state index contributed by atoms with van der Waals surface area (Å²) in [6, 6.07) is -0.275. The number of rotatable bonds is 5. The first-order valence-electron chi connectivity index (χ1n) is 11.2. The Labute approximate surface area is 195 Å². The molecule has 0 aliphatic heterocycles. The number of hydrogen-bond acceptors (Lipinski definition) is 6. The number of hydrogen-bond donors (Lipinski definition) is 2. The van der Waals surface area contributed by atoms with Crippen molar-refractivity contribution in [2.75, 3.05) is 5.32 Å². The minimum absolute atomic E-state index is 0.0236. The molecule has 32 heavy (non-hydrogen) atoms. The Morgan fingerprint density at radius 1 is 1.03 bits per heavy atom. The van der Waals surface area contributed by atoms with Crippen LogP contribution in [0.2, 0.25) is 0 Å². The summed E-state index contributed by atoms with van der Waals surface area (Å²) in [5, 5.41) is 12.2. The molecular formula is C23H27N5O2S2. The van der Waals surface area contributed by atoms with Crippen LogP contribution in [-0.2, 0) is 32.2 Å². The van der Waals surface area contributed by atoms with Crippen molar-refractivity contribution in [1.82, 2.24) is 20.1 Å². The maximum atomic E-state index is 12.9. The number of Topliss-reactive ketones (excluding diaryl/α,β-unsaturated/α-hetero) is 1. The van der Waals surface area contributed by atoms with Gasteiger partial charge in [-0.15, -0.1) is 22.7 Å². The number of aromatic nitrogens is 3. The molecule has 2 N–H and O–H groups in total. The predicted octanol–water partition coefficient (Wildman–Crippen LogP) is 4.98. The fraction of sp³-hybridized carbons (Fsp3) is 0.478. The van der Waals surface area contributed by atoms with Gasteiger partial charge in [0.25, 0.3) is 0 Å². The maximum absolute atomic E-state index is 12.9. The summed E-state index contributed by atoms with van der Waals surface area (Å²) in [7, 11) is 0. The van der Waals surface area contributed by atoms with Crippen LogP contribution in [0.5, 0.6) is 0 Å². The van der Waals surface area contributed by atoms with Crippen molar-refractivity contribution in [3.05, 3.63) is 44.2 Å². The number of aryl methyl sites for hydroxylation is 3. The zero-order chi connectivity index (χ0) is 22.2. The number of carbonyl (C=O) groups excluding carboxylic acids is 2. The summed E-state index contributed by atoms with van der Waals surface area (Å²) < 4.78 is 1.83. The van der Waals surface area contributed by atoms with Gasteiger partial charge in [-0.2, -0.15) is 5.10 Å². The second-order valence-corrected chi connectivity index (χ2v) is 10.7. The Morgan fingerprint density at radius 3 is 2.41 bits per heavy atom. The summed E-state index contributed by atoms with van der Waals surface area (Å²) in [4.78, 5) is 32.1. The second-order valence-electron chi connectivity index (χ2n) is 8.51. The van der Waals surface area contributed by atoms with Gasteiger partial charge in [0, 0.05) is 21.9 Å². The Bertz CT molecular complexity index is 1190. The molecule has 2 amide bonds. The van der Waals surface area contributed by atoms with E-state index in [0.29, 0.717) is 17.1 Å². The SMILES string of the molecule is CC(=O)c1c(NC(=O)NCc2c(-n3cnc(C)n3)sc3c2CCCC3)sc2c1CCCC2. The van der Waals surface area contributed by atoms with Gasteiger partial charge in [-0.05, 0) is 76.3 Å². The predicted molar refractivity (Wildman–Crippen MR) is 127 cm³/mol. The zero-order valence-corrected chi connectivity index (χ0v) is 20.0. The van der Waals surface area contributed by atoms with Crippen LogP contribution in [0.25, 0.3) is 5.00 Å². The third-order valence-corrected chi connectivity index (χ3v) is 8.78. The third kappa shape index (κ3) is 3.99. The fourth-order valence-corrected chi connectivity index (χ4v) is 7.43. The molecule has 0 aromatic carbocycles. The highest BCUT2D eigenvalue weighted by Crippen LogP contribution is 2.39. The van der Waals surface area contributed by atoms with E-state index >= 15 is 0 Å². The Hall–Kier alpha value is -2.52. The maximum Gasteiger partial charge on any atom is 0.320 e. The molecule has 0 spiro atoms. The lowest BCUT2D eigenvalue weighted by Crippen LogP contribution is -2.29. The van der Waals surface area contributed by atoms with E-state index in [2.05, 4.69) is 20.7 Å². The van der Waals surface area contributed by atoms with E-state index in [0.717, 1.165) is 60.5 Å². The lowest BCUT2D eigenvalue weighted by Gasteiger charge is -2.14.